The van der Waals surface area contributed by atoms with Gasteiger partial charge in [0.25, 0.3) is 5.91 Å². The number of nitrogens with zero attached hydrogens (tertiary/aromatic N) is 4. The smallest absolute Gasteiger partial charge is 0.254 e. The molecule has 0 unspecified atom stereocenters. The molecule has 0 bridgehead atoms. The van der Waals surface area contributed by atoms with Crippen LogP contribution in [0.15, 0.2) is 60.7 Å². The van der Waals surface area contributed by atoms with Crippen LogP contribution in [0.5, 0.6) is 0 Å². The summed E-state index contributed by atoms with van der Waals surface area (Å²) in [4.78, 5) is 31.9. The Balaban J connectivity index is 0.000000458. The molecule has 2 fully saturated rings. The van der Waals surface area contributed by atoms with Gasteiger partial charge in [0.05, 0.1) is 28.2 Å². The maximum atomic E-state index is 13.4. The fraction of sp³-hybridized carbons (Fsp3) is 0.441. The lowest BCUT2D eigenvalue weighted by molar-refractivity contribution is -0.118. The van der Waals surface area contributed by atoms with E-state index >= 15 is 0 Å². The normalized spacial score (nSPS) is 16.2. The van der Waals surface area contributed by atoms with Crippen LogP contribution in [0.1, 0.15) is 60.9 Å². The first kappa shape index (κ1) is 32.8. The average molecular weight is 623 g/mol. The number of primary amides is 1. The number of carbonyl (C=O) groups is 2. The van der Waals surface area contributed by atoms with Crippen molar-refractivity contribution in [2.24, 2.45) is 5.73 Å². The van der Waals surface area contributed by atoms with Crippen molar-refractivity contribution in [1.29, 1.82) is 5.26 Å². The molecule has 0 atom stereocenters. The highest BCUT2D eigenvalue weighted by Crippen LogP contribution is 2.24. The Morgan fingerprint density at radius 3 is 2.19 bits per heavy atom. The second kappa shape index (κ2) is 16.6. The number of hydrogen-bond donors (Lipinski definition) is 1. The molecule has 5 rings (SSSR count). The van der Waals surface area contributed by atoms with Crippen LogP contribution < -0.4 is 5.73 Å². The van der Waals surface area contributed by atoms with Crippen molar-refractivity contribution in [3.05, 3.63) is 81.8 Å². The third-order valence-corrected chi connectivity index (χ3v) is 9.05. The van der Waals surface area contributed by atoms with Gasteiger partial charge in [-0.3, -0.25) is 9.59 Å². The number of nitrogens with two attached hydrogens (primary N) is 1. The highest BCUT2D eigenvalue weighted by atomic mass is 35.5. The SMILES string of the molecule is Clc1ccccc1Cl.N#Cc1cc(C(=O)N(CCCCN2CCC(N3CCCCC3)CC2)CC(N)=O)c2ccccc2c1. The van der Waals surface area contributed by atoms with Crippen molar-refractivity contribution < 1.29 is 9.59 Å². The molecule has 9 heteroatoms. The number of rotatable bonds is 9. The molecule has 7 nitrogen and oxygen atoms in total. The van der Waals surface area contributed by atoms with Crippen LogP contribution in [0.3, 0.4) is 0 Å². The summed E-state index contributed by atoms with van der Waals surface area (Å²) in [6, 6.07) is 21.0. The molecule has 2 aliphatic rings. The number of nitriles is 1. The van der Waals surface area contributed by atoms with Crippen molar-refractivity contribution >= 4 is 45.8 Å². The molecule has 2 N–H and O–H groups in total. The Labute approximate surface area is 265 Å². The Morgan fingerprint density at radius 2 is 1.56 bits per heavy atom. The predicted molar refractivity (Wildman–Crippen MR) is 174 cm³/mol. The Kier molecular flexibility index (Phi) is 12.7. The Hall–Kier alpha value is -3.15. The number of fused-ring (bicyclic) bond motifs is 1. The standard InChI is InChI=1S/C28H37N5O2.C6H4Cl2/c29-20-22-18-23-8-2-3-9-25(23)26(19-22)28(35)33(21-27(30)34)15-7-6-12-31-16-10-24(11-17-31)32-13-4-1-5-14-32;7-5-3-1-2-4-6(5)8/h2-3,8-9,18-19,24H,1,4-7,10-17,21H2,(H2,30,34);1-4H. The van der Waals surface area contributed by atoms with Gasteiger partial charge in [-0.1, -0.05) is 66.0 Å². The molecular formula is C34H41Cl2N5O2. The maximum absolute atomic E-state index is 13.4. The largest absolute Gasteiger partial charge is 0.368 e. The monoisotopic (exact) mass is 621 g/mol. The average Bonchev–Trinajstić information content (AvgIpc) is 3.04. The van der Waals surface area contributed by atoms with Gasteiger partial charge in [0.1, 0.15) is 0 Å². The molecule has 2 saturated heterocycles. The molecule has 0 spiro atoms. The summed E-state index contributed by atoms with van der Waals surface area (Å²) in [6.45, 7) is 6.17. The first-order valence-electron chi connectivity index (χ1n) is 15.2. The summed E-state index contributed by atoms with van der Waals surface area (Å²) in [7, 11) is 0. The highest BCUT2D eigenvalue weighted by Gasteiger charge is 2.25. The number of amides is 2. The first-order chi connectivity index (χ1) is 20.9. The summed E-state index contributed by atoms with van der Waals surface area (Å²) >= 11 is 11.2. The van der Waals surface area contributed by atoms with Gasteiger partial charge in [0, 0.05) is 18.2 Å². The van der Waals surface area contributed by atoms with E-state index in [2.05, 4.69) is 15.9 Å². The molecule has 228 valence electrons. The van der Waals surface area contributed by atoms with Gasteiger partial charge in [0.15, 0.2) is 0 Å². The minimum atomic E-state index is -0.529. The van der Waals surface area contributed by atoms with E-state index in [4.69, 9.17) is 28.9 Å². The lowest BCUT2D eigenvalue weighted by Crippen LogP contribution is -2.46. The van der Waals surface area contributed by atoms with Gasteiger partial charge in [-0.05, 0) is 106 Å². The zero-order chi connectivity index (χ0) is 30.6. The van der Waals surface area contributed by atoms with Gasteiger partial charge in [-0.25, -0.2) is 0 Å². The first-order valence-corrected chi connectivity index (χ1v) is 16.0. The lowest BCUT2D eigenvalue weighted by atomic mass is 9.99. The van der Waals surface area contributed by atoms with Gasteiger partial charge < -0.3 is 20.4 Å². The fourth-order valence-corrected chi connectivity index (χ4v) is 6.30. The van der Waals surface area contributed by atoms with Crippen molar-refractivity contribution in [2.75, 3.05) is 45.8 Å². The van der Waals surface area contributed by atoms with Crippen molar-refractivity contribution in [2.45, 2.75) is 51.0 Å². The van der Waals surface area contributed by atoms with Crippen LogP contribution in [0.25, 0.3) is 10.8 Å². The molecule has 2 amide bonds. The fourth-order valence-electron chi connectivity index (χ4n) is 6.03. The maximum Gasteiger partial charge on any atom is 0.254 e. The summed E-state index contributed by atoms with van der Waals surface area (Å²) in [6.07, 6.45) is 8.33. The summed E-state index contributed by atoms with van der Waals surface area (Å²) < 4.78 is 0. The molecule has 0 radical (unpaired) electrons. The number of benzene rings is 3. The molecule has 0 aliphatic carbocycles. The van der Waals surface area contributed by atoms with Gasteiger partial charge in [-0.15, -0.1) is 0 Å². The van der Waals surface area contributed by atoms with E-state index in [0.29, 0.717) is 27.7 Å². The lowest BCUT2D eigenvalue weighted by Gasteiger charge is -2.40. The second-order valence-electron chi connectivity index (χ2n) is 11.3. The van der Waals surface area contributed by atoms with E-state index in [1.807, 2.05) is 36.4 Å². The molecular weight excluding hydrogens is 581 g/mol. The molecule has 0 saturated carbocycles. The molecule has 3 aromatic rings. The van der Waals surface area contributed by atoms with Gasteiger partial charge in [0.2, 0.25) is 5.91 Å². The van der Waals surface area contributed by atoms with Crippen LogP contribution in [0.2, 0.25) is 10.0 Å². The third kappa shape index (κ3) is 9.67. The quantitative estimate of drug-likeness (QED) is 0.280. The molecule has 2 heterocycles. The van der Waals surface area contributed by atoms with Crippen molar-refractivity contribution in [3.8, 4) is 6.07 Å². The van der Waals surface area contributed by atoms with E-state index in [9.17, 15) is 14.9 Å². The molecule has 2 aliphatic heterocycles. The topological polar surface area (TPSA) is 93.7 Å². The van der Waals surface area contributed by atoms with Crippen LogP contribution in [-0.4, -0.2) is 78.4 Å². The minimum Gasteiger partial charge on any atom is -0.368 e. The number of unbranched alkanes of at least 4 members (excludes halogenated alkanes) is 1. The zero-order valence-corrected chi connectivity index (χ0v) is 26.2. The van der Waals surface area contributed by atoms with Crippen molar-refractivity contribution in [1.82, 2.24) is 14.7 Å². The van der Waals surface area contributed by atoms with E-state index in [1.54, 1.807) is 24.3 Å². The Bertz CT molecular complexity index is 1390. The third-order valence-electron chi connectivity index (χ3n) is 8.30. The highest BCUT2D eigenvalue weighted by molar-refractivity contribution is 6.41. The number of likely N-dealkylation sites (tertiary alicyclic amines) is 2. The van der Waals surface area contributed by atoms with Crippen LogP contribution in [0.4, 0.5) is 0 Å². The molecule has 3 aromatic carbocycles. The van der Waals surface area contributed by atoms with Crippen molar-refractivity contribution in [3.63, 3.8) is 0 Å². The zero-order valence-electron chi connectivity index (χ0n) is 24.7. The Morgan fingerprint density at radius 1 is 0.907 bits per heavy atom. The minimum absolute atomic E-state index is 0.120. The number of halogens is 2. The number of carbonyl (C=O) groups excluding carboxylic acids is 2. The summed E-state index contributed by atoms with van der Waals surface area (Å²) in [5.74, 6) is -0.779. The molecule has 0 aromatic heterocycles. The van der Waals surface area contributed by atoms with Gasteiger partial charge >= 0.3 is 0 Å². The van der Waals surface area contributed by atoms with E-state index in [1.165, 1.54) is 50.1 Å². The summed E-state index contributed by atoms with van der Waals surface area (Å²) in [5, 5.41) is 12.2. The number of hydrogen-bond acceptors (Lipinski definition) is 5. The predicted octanol–water partition coefficient (Wildman–Crippen LogP) is 6.36. The van der Waals surface area contributed by atoms with Gasteiger partial charge in [-0.2, -0.15) is 5.26 Å². The molecule has 43 heavy (non-hydrogen) atoms. The van der Waals surface area contributed by atoms with E-state index in [-0.39, 0.29) is 12.5 Å². The van der Waals surface area contributed by atoms with Crippen LogP contribution >= 0.6 is 23.2 Å². The van der Waals surface area contributed by atoms with Crippen LogP contribution in [-0.2, 0) is 4.79 Å². The summed E-state index contributed by atoms with van der Waals surface area (Å²) in [5.41, 5.74) is 6.35. The van der Waals surface area contributed by atoms with E-state index < -0.39 is 5.91 Å². The van der Waals surface area contributed by atoms with Crippen LogP contribution in [0, 0.1) is 11.3 Å². The second-order valence-corrected chi connectivity index (χ2v) is 12.2. The van der Waals surface area contributed by atoms with E-state index in [0.717, 1.165) is 49.3 Å². The number of piperidine rings is 2.